The van der Waals surface area contributed by atoms with Gasteiger partial charge in [-0.05, 0) is 49.2 Å². The Kier molecular flexibility index (Phi) is 6.12. The van der Waals surface area contributed by atoms with Crippen LogP contribution >= 0.6 is 40.3 Å². The molecule has 1 aromatic heterocycles. The molecule has 0 radical (unpaired) electrons. The molecule has 9 heteroatoms. The van der Waals surface area contributed by atoms with Crippen LogP contribution in [0.25, 0.3) is 10.9 Å². The predicted octanol–water partition coefficient (Wildman–Crippen LogP) is 5.08. The summed E-state index contributed by atoms with van der Waals surface area (Å²) in [6.45, 7) is 1.59. The Morgan fingerprint density at radius 2 is 2.00 bits per heavy atom. The lowest BCUT2D eigenvalue weighted by Gasteiger charge is -2.34. The van der Waals surface area contributed by atoms with Crippen LogP contribution in [0, 0.1) is 0 Å². The Labute approximate surface area is 187 Å². The number of nitrogens with one attached hydrogen (secondary N) is 1. The fourth-order valence-corrected chi connectivity index (χ4v) is 4.20. The van der Waals surface area contributed by atoms with Gasteiger partial charge in [0, 0.05) is 34.0 Å². The Bertz CT molecular complexity index is 1040. The van der Waals surface area contributed by atoms with E-state index >= 15 is 0 Å². The minimum Gasteiger partial charge on any atom is -0.356 e. The van der Waals surface area contributed by atoms with Crippen molar-refractivity contribution < 1.29 is 4.79 Å². The lowest BCUT2D eigenvalue weighted by atomic mass is 10.0. The van der Waals surface area contributed by atoms with Crippen molar-refractivity contribution in [3.05, 3.63) is 58.3 Å². The molecule has 0 aliphatic carbocycles. The van der Waals surface area contributed by atoms with E-state index in [1.807, 2.05) is 42.5 Å². The molecular weight excluding hydrogens is 474 g/mol. The van der Waals surface area contributed by atoms with Crippen molar-refractivity contribution in [1.29, 1.82) is 0 Å². The van der Waals surface area contributed by atoms with Gasteiger partial charge in [-0.3, -0.25) is 0 Å². The fraction of sp³-hybridized carbons (Fsp3) is 0.250. The molecule has 4 rings (SSSR count). The van der Waals surface area contributed by atoms with Gasteiger partial charge in [0.25, 0.3) is 0 Å². The number of fused-ring (bicyclic) bond motifs is 1. The molecule has 3 aromatic rings. The maximum atomic E-state index is 12.6. The Morgan fingerprint density at radius 3 is 2.76 bits per heavy atom. The second kappa shape index (κ2) is 8.77. The molecule has 150 valence electrons. The summed E-state index contributed by atoms with van der Waals surface area (Å²) in [7, 11) is 0. The van der Waals surface area contributed by atoms with E-state index in [4.69, 9.17) is 11.6 Å². The number of urea groups is 1. The summed E-state index contributed by atoms with van der Waals surface area (Å²) in [4.78, 5) is 23.6. The molecule has 2 amide bonds. The summed E-state index contributed by atoms with van der Waals surface area (Å²) in [5.41, 5.74) is 1.54. The molecule has 0 bridgehead atoms. The van der Waals surface area contributed by atoms with Crippen LogP contribution in [0.4, 0.5) is 16.3 Å². The van der Waals surface area contributed by atoms with Crippen LogP contribution in [0.2, 0.25) is 5.02 Å². The van der Waals surface area contributed by atoms with Gasteiger partial charge in [0.1, 0.15) is 12.1 Å². The zero-order valence-corrected chi connectivity index (χ0v) is 18.7. The number of aromatic nitrogens is 2. The Balaban J connectivity index is 1.39. The molecule has 0 spiro atoms. The number of nitrogens with zero attached hydrogens (tertiary/aromatic N) is 4. The minimum absolute atomic E-state index is 0.0862. The van der Waals surface area contributed by atoms with E-state index in [2.05, 4.69) is 48.9 Å². The van der Waals surface area contributed by atoms with Crippen molar-refractivity contribution in [2.75, 3.05) is 22.3 Å². The van der Waals surface area contributed by atoms with Gasteiger partial charge in [-0.2, -0.15) is 0 Å². The summed E-state index contributed by atoms with van der Waals surface area (Å²) in [6.07, 6.45) is 3.22. The molecule has 0 saturated carbocycles. The fourth-order valence-electron chi connectivity index (χ4n) is 3.46. The topological polar surface area (TPSA) is 61.4 Å². The SMILES string of the molecule is O=C(NC1CCN(c2ncnc3cc(Cl)ccc23)CC1)N(S)c1cccc(Br)c1. The number of piperidine rings is 1. The Morgan fingerprint density at radius 1 is 1.21 bits per heavy atom. The van der Waals surface area contributed by atoms with E-state index in [9.17, 15) is 4.79 Å². The molecule has 1 aliphatic rings. The van der Waals surface area contributed by atoms with Crippen molar-refractivity contribution in [2.45, 2.75) is 18.9 Å². The average Bonchev–Trinajstić information content (AvgIpc) is 2.73. The standard InChI is InChI=1S/C20H19BrClN5OS/c21-13-2-1-3-16(10-13)27(29)20(28)25-15-6-8-26(9-7-15)19-17-5-4-14(22)11-18(17)23-12-24-19/h1-5,10-12,15,29H,6-9H2,(H,25,28). The highest BCUT2D eigenvalue weighted by molar-refractivity contribution is 9.10. The maximum absolute atomic E-state index is 12.6. The van der Waals surface area contributed by atoms with Crippen molar-refractivity contribution >= 4 is 68.8 Å². The number of hydrogen-bond acceptors (Lipinski definition) is 5. The molecular formula is C20H19BrClN5OS. The van der Waals surface area contributed by atoms with Gasteiger partial charge in [0.2, 0.25) is 0 Å². The number of carbonyl (C=O) groups is 1. The second-order valence-corrected chi connectivity index (χ2v) is 8.61. The zero-order chi connectivity index (χ0) is 20.4. The third-order valence-electron chi connectivity index (χ3n) is 4.94. The normalized spacial score (nSPS) is 14.8. The zero-order valence-electron chi connectivity index (χ0n) is 15.4. The van der Waals surface area contributed by atoms with Crippen LogP contribution in [-0.4, -0.2) is 35.1 Å². The second-order valence-electron chi connectivity index (χ2n) is 6.86. The first-order valence-electron chi connectivity index (χ1n) is 9.21. The number of carbonyl (C=O) groups excluding carboxylic acids is 1. The van der Waals surface area contributed by atoms with Crippen LogP contribution in [0.5, 0.6) is 0 Å². The van der Waals surface area contributed by atoms with E-state index < -0.39 is 0 Å². The third-order valence-corrected chi connectivity index (χ3v) is 6.09. The summed E-state index contributed by atoms with van der Waals surface area (Å²) in [5, 5.41) is 4.71. The maximum Gasteiger partial charge on any atom is 0.332 e. The lowest BCUT2D eigenvalue weighted by molar-refractivity contribution is 0.243. The van der Waals surface area contributed by atoms with Gasteiger partial charge in [-0.25, -0.2) is 19.1 Å². The number of hydrogen-bond donors (Lipinski definition) is 2. The van der Waals surface area contributed by atoms with Crippen molar-refractivity contribution in [3.63, 3.8) is 0 Å². The van der Waals surface area contributed by atoms with E-state index in [0.717, 1.165) is 47.1 Å². The summed E-state index contributed by atoms with van der Waals surface area (Å²) in [6, 6.07) is 13.0. The monoisotopic (exact) mass is 491 g/mol. The molecule has 0 atom stereocenters. The third kappa shape index (κ3) is 4.60. The van der Waals surface area contributed by atoms with Gasteiger partial charge < -0.3 is 10.2 Å². The smallest absolute Gasteiger partial charge is 0.332 e. The number of anilines is 2. The summed E-state index contributed by atoms with van der Waals surface area (Å²) in [5.74, 6) is 0.904. The highest BCUT2D eigenvalue weighted by atomic mass is 79.9. The average molecular weight is 493 g/mol. The number of rotatable bonds is 3. The number of amides is 2. The molecule has 1 fully saturated rings. The van der Waals surface area contributed by atoms with Gasteiger partial charge in [0.05, 0.1) is 11.2 Å². The van der Waals surface area contributed by atoms with Crippen LogP contribution in [0.1, 0.15) is 12.8 Å². The van der Waals surface area contributed by atoms with Crippen molar-refractivity contribution in [3.8, 4) is 0 Å². The number of halogens is 2. The molecule has 1 N–H and O–H groups in total. The molecule has 2 aromatic carbocycles. The molecule has 1 saturated heterocycles. The number of thiol groups is 1. The van der Waals surface area contributed by atoms with E-state index in [-0.39, 0.29) is 12.1 Å². The highest BCUT2D eigenvalue weighted by Crippen LogP contribution is 2.28. The van der Waals surface area contributed by atoms with Crippen LogP contribution < -0.4 is 14.5 Å². The largest absolute Gasteiger partial charge is 0.356 e. The van der Waals surface area contributed by atoms with Crippen molar-refractivity contribution in [2.24, 2.45) is 0 Å². The highest BCUT2D eigenvalue weighted by Gasteiger charge is 2.24. The van der Waals surface area contributed by atoms with Crippen molar-refractivity contribution in [1.82, 2.24) is 15.3 Å². The van der Waals surface area contributed by atoms with E-state index in [0.29, 0.717) is 10.7 Å². The first-order chi connectivity index (χ1) is 14.0. The first-order valence-corrected chi connectivity index (χ1v) is 10.8. The molecule has 1 aliphatic heterocycles. The van der Waals surface area contributed by atoms with Crippen LogP contribution in [0.15, 0.2) is 53.3 Å². The van der Waals surface area contributed by atoms with Gasteiger partial charge in [-0.15, -0.1) is 0 Å². The quantitative estimate of drug-likeness (QED) is 0.501. The minimum atomic E-state index is -0.230. The molecule has 6 nitrogen and oxygen atoms in total. The summed E-state index contributed by atoms with van der Waals surface area (Å²) >= 11 is 13.8. The van der Waals surface area contributed by atoms with E-state index in [1.165, 1.54) is 4.31 Å². The molecule has 29 heavy (non-hydrogen) atoms. The van der Waals surface area contributed by atoms with Crippen LogP contribution in [0.3, 0.4) is 0 Å². The lowest BCUT2D eigenvalue weighted by Crippen LogP contribution is -2.47. The molecule has 2 heterocycles. The number of benzene rings is 2. The van der Waals surface area contributed by atoms with Gasteiger partial charge in [0.15, 0.2) is 0 Å². The first kappa shape index (κ1) is 20.3. The van der Waals surface area contributed by atoms with Gasteiger partial charge in [-0.1, -0.05) is 46.4 Å². The van der Waals surface area contributed by atoms with Gasteiger partial charge >= 0.3 is 6.03 Å². The van der Waals surface area contributed by atoms with E-state index in [1.54, 1.807) is 6.33 Å². The molecule has 0 unspecified atom stereocenters. The van der Waals surface area contributed by atoms with Crippen LogP contribution in [-0.2, 0) is 0 Å². The predicted molar refractivity (Wildman–Crippen MR) is 124 cm³/mol. The Hall–Kier alpha value is -2.03. The summed E-state index contributed by atoms with van der Waals surface area (Å²) < 4.78 is 2.23.